The van der Waals surface area contributed by atoms with Gasteiger partial charge in [0.2, 0.25) is 11.8 Å². The second-order valence-corrected chi connectivity index (χ2v) is 12.6. The summed E-state index contributed by atoms with van der Waals surface area (Å²) in [5.41, 5.74) is 1.06. The number of carbonyl (C=O) groups excluding carboxylic acids is 2. The predicted molar refractivity (Wildman–Crippen MR) is 167 cm³/mol. The molecule has 0 fully saturated rings. The predicted octanol–water partition coefficient (Wildman–Crippen LogP) is 4.95. The molecule has 42 heavy (non-hydrogen) atoms. The van der Waals surface area contributed by atoms with Crippen LogP contribution in [-0.4, -0.2) is 63.7 Å². The molecule has 0 aromatic heterocycles. The van der Waals surface area contributed by atoms with Crippen molar-refractivity contribution in [2.24, 2.45) is 0 Å². The number of benzene rings is 3. The van der Waals surface area contributed by atoms with Gasteiger partial charge >= 0.3 is 0 Å². The average molecular weight is 614 g/mol. The van der Waals surface area contributed by atoms with Crippen molar-refractivity contribution in [2.75, 3.05) is 30.8 Å². The van der Waals surface area contributed by atoms with Crippen LogP contribution in [0.1, 0.15) is 33.3 Å². The van der Waals surface area contributed by atoms with E-state index in [1.807, 2.05) is 27.0 Å². The van der Waals surface area contributed by atoms with Crippen molar-refractivity contribution in [3.8, 4) is 11.5 Å². The Labute approximate surface area is 253 Å². The molecule has 0 saturated heterocycles. The number of thioether (sulfide) groups is 1. The quantitative estimate of drug-likeness (QED) is 0.257. The fourth-order valence-corrected chi connectivity index (χ4v) is 6.02. The SMILES string of the molecule is CCOc1ccc(N(CC(=O)N(Cc2ccc(OC)cc2)C(C)C(=O)NC(C)C)S(=O)(=O)c2ccc(SC)cc2)cc1. The Morgan fingerprint density at radius 3 is 2.02 bits per heavy atom. The lowest BCUT2D eigenvalue weighted by Gasteiger charge is -2.32. The largest absolute Gasteiger partial charge is 0.497 e. The first kappa shape index (κ1) is 32.8. The highest BCUT2D eigenvalue weighted by molar-refractivity contribution is 7.98. The molecule has 0 saturated carbocycles. The highest BCUT2D eigenvalue weighted by atomic mass is 32.2. The summed E-state index contributed by atoms with van der Waals surface area (Å²) in [5.74, 6) is 0.363. The van der Waals surface area contributed by atoms with Crippen molar-refractivity contribution in [2.45, 2.75) is 56.1 Å². The van der Waals surface area contributed by atoms with Crippen molar-refractivity contribution in [3.05, 3.63) is 78.4 Å². The molecular weight excluding hydrogens is 574 g/mol. The third kappa shape index (κ3) is 8.42. The highest BCUT2D eigenvalue weighted by Crippen LogP contribution is 2.28. The van der Waals surface area contributed by atoms with Crippen molar-refractivity contribution < 1.29 is 27.5 Å². The van der Waals surface area contributed by atoms with E-state index in [-0.39, 0.29) is 23.4 Å². The third-order valence-corrected chi connectivity index (χ3v) is 9.00. The Hall–Kier alpha value is -3.70. The van der Waals surface area contributed by atoms with Crippen LogP contribution < -0.4 is 19.1 Å². The van der Waals surface area contributed by atoms with Gasteiger partial charge in [-0.05, 0) is 100 Å². The van der Waals surface area contributed by atoms with Gasteiger partial charge in [0.15, 0.2) is 0 Å². The van der Waals surface area contributed by atoms with Crippen LogP contribution in [0.5, 0.6) is 11.5 Å². The van der Waals surface area contributed by atoms with E-state index in [1.165, 1.54) is 28.8 Å². The Bertz CT molecular complexity index is 1430. The average Bonchev–Trinajstić information content (AvgIpc) is 2.98. The second kappa shape index (κ2) is 15.0. The monoisotopic (exact) mass is 613 g/mol. The first-order valence-corrected chi connectivity index (χ1v) is 16.3. The van der Waals surface area contributed by atoms with E-state index in [9.17, 15) is 18.0 Å². The molecule has 3 rings (SSSR count). The van der Waals surface area contributed by atoms with Gasteiger partial charge in [-0.1, -0.05) is 12.1 Å². The molecule has 11 heteroatoms. The summed E-state index contributed by atoms with van der Waals surface area (Å²) >= 11 is 1.50. The van der Waals surface area contributed by atoms with Crippen LogP contribution in [0.3, 0.4) is 0 Å². The number of nitrogens with zero attached hydrogens (tertiary/aromatic N) is 2. The molecule has 0 aliphatic heterocycles. The molecule has 3 aromatic carbocycles. The van der Waals surface area contributed by atoms with Crippen LogP contribution in [-0.2, 0) is 26.2 Å². The number of methoxy groups -OCH3 is 1. The molecule has 0 aliphatic carbocycles. The summed E-state index contributed by atoms with van der Waals surface area (Å²) in [4.78, 5) is 29.4. The molecule has 1 atom stereocenters. The van der Waals surface area contributed by atoms with E-state index in [2.05, 4.69) is 5.32 Å². The van der Waals surface area contributed by atoms with Gasteiger partial charge < -0.3 is 19.7 Å². The first-order valence-electron chi connectivity index (χ1n) is 13.6. The van der Waals surface area contributed by atoms with Crippen LogP contribution in [0.2, 0.25) is 0 Å². The smallest absolute Gasteiger partial charge is 0.264 e. The van der Waals surface area contributed by atoms with Gasteiger partial charge in [-0.15, -0.1) is 11.8 Å². The number of hydrogen-bond donors (Lipinski definition) is 1. The fraction of sp³-hybridized carbons (Fsp3) is 0.355. The van der Waals surface area contributed by atoms with Crippen molar-refractivity contribution >= 4 is 39.3 Å². The van der Waals surface area contributed by atoms with Crippen molar-refractivity contribution in [1.82, 2.24) is 10.2 Å². The van der Waals surface area contributed by atoms with Crippen molar-refractivity contribution in [3.63, 3.8) is 0 Å². The Kier molecular flexibility index (Phi) is 11.7. The topological polar surface area (TPSA) is 105 Å². The maximum Gasteiger partial charge on any atom is 0.264 e. The summed E-state index contributed by atoms with van der Waals surface area (Å²) in [5, 5.41) is 2.85. The molecule has 1 unspecified atom stereocenters. The lowest BCUT2D eigenvalue weighted by molar-refractivity contribution is -0.139. The molecule has 0 radical (unpaired) electrons. The summed E-state index contributed by atoms with van der Waals surface area (Å²) in [7, 11) is -2.60. The molecule has 3 aromatic rings. The molecule has 0 spiro atoms. The lowest BCUT2D eigenvalue weighted by Crippen LogP contribution is -2.52. The van der Waals surface area contributed by atoms with E-state index in [0.717, 1.165) is 14.8 Å². The first-order chi connectivity index (χ1) is 20.0. The number of ether oxygens (including phenoxy) is 2. The number of rotatable bonds is 14. The van der Waals surface area contributed by atoms with Crippen molar-refractivity contribution in [1.29, 1.82) is 0 Å². The van der Waals surface area contributed by atoms with Gasteiger partial charge in [0.25, 0.3) is 10.0 Å². The molecule has 226 valence electrons. The van der Waals surface area contributed by atoms with Gasteiger partial charge in [0, 0.05) is 17.5 Å². The molecule has 0 heterocycles. The number of anilines is 1. The Morgan fingerprint density at radius 2 is 1.50 bits per heavy atom. The lowest BCUT2D eigenvalue weighted by atomic mass is 10.1. The summed E-state index contributed by atoms with van der Waals surface area (Å²) in [6.07, 6.45) is 1.91. The summed E-state index contributed by atoms with van der Waals surface area (Å²) in [6, 6.07) is 19.2. The molecule has 0 bridgehead atoms. The number of amides is 2. The van der Waals surface area contributed by atoms with Gasteiger partial charge in [-0.3, -0.25) is 13.9 Å². The molecule has 2 amide bonds. The zero-order chi connectivity index (χ0) is 30.9. The second-order valence-electron chi connectivity index (χ2n) is 9.82. The zero-order valence-corrected chi connectivity index (χ0v) is 26.5. The molecule has 0 aliphatic rings. The van der Waals surface area contributed by atoms with Crippen LogP contribution >= 0.6 is 11.8 Å². The number of nitrogens with one attached hydrogen (secondary N) is 1. The van der Waals surface area contributed by atoms with Crippen LogP contribution in [0, 0.1) is 0 Å². The zero-order valence-electron chi connectivity index (χ0n) is 24.9. The normalized spacial score (nSPS) is 12.0. The van der Waals surface area contributed by atoms with Gasteiger partial charge in [0.05, 0.1) is 24.3 Å². The van der Waals surface area contributed by atoms with E-state index in [1.54, 1.807) is 74.7 Å². The highest BCUT2D eigenvalue weighted by Gasteiger charge is 2.32. The van der Waals surface area contributed by atoms with E-state index >= 15 is 0 Å². The molecular formula is C31H39N3O6S2. The van der Waals surface area contributed by atoms with Crippen LogP contribution in [0.15, 0.2) is 82.6 Å². The van der Waals surface area contributed by atoms with E-state index in [4.69, 9.17) is 9.47 Å². The maximum atomic E-state index is 14.0. The molecule has 9 nitrogen and oxygen atoms in total. The van der Waals surface area contributed by atoms with Crippen LogP contribution in [0.4, 0.5) is 5.69 Å². The standard InChI is InChI=1S/C31H39N3O6S2/c1-7-40-27-14-10-25(11-15-27)34(42(37,38)29-18-16-28(41-6)17-19-29)21-30(35)33(23(4)31(36)32-22(2)3)20-24-8-12-26(39-5)13-9-24/h8-19,22-23H,7,20-21H2,1-6H3,(H,32,36). The van der Waals surface area contributed by atoms with E-state index in [0.29, 0.717) is 23.8 Å². The minimum absolute atomic E-state index is 0.0503. The number of carbonyl (C=O) groups is 2. The van der Waals surface area contributed by atoms with Gasteiger partial charge in [-0.25, -0.2) is 8.42 Å². The summed E-state index contributed by atoms with van der Waals surface area (Å²) < 4.78 is 39.9. The van der Waals surface area contributed by atoms with Gasteiger partial charge in [-0.2, -0.15) is 0 Å². The third-order valence-electron chi connectivity index (χ3n) is 6.47. The minimum Gasteiger partial charge on any atom is -0.497 e. The summed E-state index contributed by atoms with van der Waals surface area (Å²) in [6.45, 7) is 7.20. The maximum absolute atomic E-state index is 14.0. The fourth-order valence-electron chi connectivity index (χ4n) is 4.19. The number of hydrogen-bond acceptors (Lipinski definition) is 7. The van der Waals surface area contributed by atoms with Gasteiger partial charge in [0.1, 0.15) is 24.1 Å². The molecule has 1 N–H and O–H groups in total. The number of sulfonamides is 1. The Balaban J connectivity index is 2.03. The van der Waals surface area contributed by atoms with Crippen LogP contribution in [0.25, 0.3) is 0 Å². The Morgan fingerprint density at radius 1 is 0.905 bits per heavy atom. The van der Waals surface area contributed by atoms with E-state index < -0.39 is 28.5 Å². The minimum atomic E-state index is -4.16.